The van der Waals surface area contributed by atoms with Crippen molar-refractivity contribution in [1.82, 2.24) is 4.90 Å². The van der Waals surface area contributed by atoms with Crippen molar-refractivity contribution in [3.05, 3.63) is 102 Å². The van der Waals surface area contributed by atoms with E-state index in [2.05, 4.69) is 102 Å². The van der Waals surface area contributed by atoms with Crippen LogP contribution in [-0.4, -0.2) is 18.0 Å². The molecule has 0 aromatic heterocycles. The van der Waals surface area contributed by atoms with Crippen molar-refractivity contribution in [2.45, 2.75) is 13.0 Å². The standard InChI is InChI=1S/C23H25N/c1-4-11-21(12-5-1)17-10-18-24(19-22-13-6-2-7-14-22)20-23-15-8-3-9-16-23/h1-15,17,23H,16,18-20H2/b17-10+. The maximum absolute atomic E-state index is 2.53. The van der Waals surface area contributed by atoms with Crippen LogP contribution in [0.4, 0.5) is 0 Å². The molecule has 0 amide bonds. The normalized spacial score (nSPS) is 17.0. The SMILES string of the molecule is C1=CCC(CN(C/C=C/c2ccccc2)Cc2ccccc2)C=C1. The van der Waals surface area contributed by atoms with Gasteiger partial charge in [0.05, 0.1) is 0 Å². The van der Waals surface area contributed by atoms with Crippen molar-refractivity contribution in [3.8, 4) is 0 Å². The summed E-state index contributed by atoms with van der Waals surface area (Å²) in [4.78, 5) is 2.53. The van der Waals surface area contributed by atoms with Gasteiger partial charge in [0.1, 0.15) is 0 Å². The smallest absolute Gasteiger partial charge is 0.0237 e. The Labute approximate surface area is 145 Å². The molecule has 0 spiro atoms. The Morgan fingerprint density at radius 1 is 0.917 bits per heavy atom. The van der Waals surface area contributed by atoms with Crippen molar-refractivity contribution in [2.24, 2.45) is 5.92 Å². The fourth-order valence-electron chi connectivity index (χ4n) is 3.05. The Bertz CT molecular complexity index is 682. The van der Waals surface area contributed by atoms with Crippen LogP contribution in [0.3, 0.4) is 0 Å². The predicted molar refractivity (Wildman–Crippen MR) is 104 cm³/mol. The van der Waals surface area contributed by atoms with Crippen LogP contribution in [0.2, 0.25) is 0 Å². The molecule has 0 radical (unpaired) electrons. The van der Waals surface area contributed by atoms with Gasteiger partial charge in [0.2, 0.25) is 0 Å². The van der Waals surface area contributed by atoms with Crippen molar-refractivity contribution >= 4 is 6.08 Å². The second kappa shape index (κ2) is 9.05. The molecule has 1 nitrogen and oxygen atoms in total. The van der Waals surface area contributed by atoms with Gasteiger partial charge < -0.3 is 0 Å². The molecule has 2 aromatic carbocycles. The van der Waals surface area contributed by atoms with E-state index in [1.807, 2.05) is 0 Å². The third kappa shape index (κ3) is 5.36. The molecular formula is C23H25N. The average molecular weight is 315 g/mol. The van der Waals surface area contributed by atoms with Gasteiger partial charge in [-0.2, -0.15) is 0 Å². The highest BCUT2D eigenvalue weighted by molar-refractivity contribution is 5.48. The molecule has 3 rings (SSSR count). The largest absolute Gasteiger partial charge is 0.295 e. The summed E-state index contributed by atoms with van der Waals surface area (Å²) in [7, 11) is 0. The van der Waals surface area contributed by atoms with Gasteiger partial charge in [-0.15, -0.1) is 0 Å². The zero-order valence-corrected chi connectivity index (χ0v) is 14.1. The summed E-state index contributed by atoms with van der Waals surface area (Å²) < 4.78 is 0. The lowest BCUT2D eigenvalue weighted by Gasteiger charge is -2.25. The van der Waals surface area contributed by atoms with Crippen LogP contribution in [-0.2, 0) is 6.54 Å². The highest BCUT2D eigenvalue weighted by Gasteiger charge is 2.11. The summed E-state index contributed by atoms with van der Waals surface area (Å²) in [5, 5.41) is 0. The van der Waals surface area contributed by atoms with Crippen LogP contribution >= 0.6 is 0 Å². The van der Waals surface area contributed by atoms with Gasteiger partial charge in [-0.25, -0.2) is 0 Å². The molecule has 122 valence electrons. The minimum atomic E-state index is 0.615. The second-order valence-corrected chi connectivity index (χ2v) is 6.30. The van der Waals surface area contributed by atoms with Crippen LogP contribution in [0.1, 0.15) is 17.5 Å². The van der Waals surface area contributed by atoms with Gasteiger partial charge in [-0.05, 0) is 23.5 Å². The molecule has 0 aliphatic heterocycles. The number of rotatable bonds is 7. The molecule has 1 heteroatoms. The molecule has 0 saturated carbocycles. The van der Waals surface area contributed by atoms with Gasteiger partial charge in [0, 0.05) is 19.6 Å². The number of nitrogens with zero attached hydrogens (tertiary/aromatic N) is 1. The molecule has 1 atom stereocenters. The van der Waals surface area contributed by atoms with Gasteiger partial charge in [-0.3, -0.25) is 4.90 Å². The molecule has 0 bridgehead atoms. The number of allylic oxidation sites excluding steroid dienone is 3. The molecule has 1 aliphatic rings. The van der Waals surface area contributed by atoms with E-state index in [1.54, 1.807) is 0 Å². The summed E-state index contributed by atoms with van der Waals surface area (Å²) in [6.07, 6.45) is 14.6. The van der Waals surface area contributed by atoms with E-state index in [0.717, 1.165) is 26.1 Å². The van der Waals surface area contributed by atoms with Gasteiger partial charge in [0.15, 0.2) is 0 Å². The lowest BCUT2D eigenvalue weighted by Crippen LogP contribution is -2.29. The van der Waals surface area contributed by atoms with E-state index in [-0.39, 0.29) is 0 Å². The van der Waals surface area contributed by atoms with Crippen LogP contribution < -0.4 is 0 Å². The third-order valence-corrected chi connectivity index (χ3v) is 4.28. The molecular weight excluding hydrogens is 290 g/mol. The first-order valence-corrected chi connectivity index (χ1v) is 8.71. The van der Waals surface area contributed by atoms with E-state index >= 15 is 0 Å². The van der Waals surface area contributed by atoms with Crippen molar-refractivity contribution in [2.75, 3.05) is 13.1 Å². The van der Waals surface area contributed by atoms with Crippen LogP contribution in [0.5, 0.6) is 0 Å². The zero-order chi connectivity index (χ0) is 16.5. The van der Waals surface area contributed by atoms with Gasteiger partial charge in [-0.1, -0.05) is 97.1 Å². The van der Waals surface area contributed by atoms with Crippen LogP contribution in [0.25, 0.3) is 6.08 Å². The lowest BCUT2D eigenvalue weighted by atomic mass is 10.00. The van der Waals surface area contributed by atoms with E-state index < -0.39 is 0 Å². The Morgan fingerprint density at radius 2 is 1.67 bits per heavy atom. The Balaban J connectivity index is 1.63. The molecule has 0 heterocycles. The summed E-state index contributed by atoms with van der Waals surface area (Å²) in [5.74, 6) is 0.615. The molecule has 24 heavy (non-hydrogen) atoms. The first-order chi connectivity index (χ1) is 11.9. The summed E-state index contributed by atoms with van der Waals surface area (Å²) in [5.41, 5.74) is 2.64. The van der Waals surface area contributed by atoms with E-state index in [1.165, 1.54) is 11.1 Å². The lowest BCUT2D eigenvalue weighted by molar-refractivity contribution is 0.264. The van der Waals surface area contributed by atoms with Gasteiger partial charge >= 0.3 is 0 Å². The topological polar surface area (TPSA) is 3.24 Å². The maximum Gasteiger partial charge on any atom is 0.0237 e. The fourth-order valence-corrected chi connectivity index (χ4v) is 3.05. The minimum absolute atomic E-state index is 0.615. The number of hydrogen-bond acceptors (Lipinski definition) is 1. The fraction of sp³-hybridized carbons (Fsp3) is 0.217. The predicted octanol–water partition coefficient (Wildman–Crippen LogP) is 5.33. The van der Waals surface area contributed by atoms with Crippen molar-refractivity contribution in [3.63, 3.8) is 0 Å². The summed E-state index contributed by atoms with van der Waals surface area (Å²) in [6, 6.07) is 21.3. The van der Waals surface area contributed by atoms with E-state index in [4.69, 9.17) is 0 Å². The number of hydrogen-bond donors (Lipinski definition) is 0. The average Bonchev–Trinajstić information content (AvgIpc) is 2.64. The second-order valence-electron chi connectivity index (χ2n) is 6.30. The zero-order valence-electron chi connectivity index (χ0n) is 14.1. The first kappa shape index (κ1) is 16.5. The Morgan fingerprint density at radius 3 is 2.38 bits per heavy atom. The maximum atomic E-state index is 2.53. The van der Waals surface area contributed by atoms with Crippen LogP contribution in [0.15, 0.2) is 91.0 Å². The summed E-state index contributed by atoms with van der Waals surface area (Å²) in [6.45, 7) is 3.06. The highest BCUT2D eigenvalue weighted by Crippen LogP contribution is 2.15. The molecule has 2 aromatic rings. The first-order valence-electron chi connectivity index (χ1n) is 8.71. The third-order valence-electron chi connectivity index (χ3n) is 4.28. The van der Waals surface area contributed by atoms with Crippen molar-refractivity contribution < 1.29 is 0 Å². The van der Waals surface area contributed by atoms with E-state index in [0.29, 0.717) is 5.92 Å². The molecule has 0 N–H and O–H groups in total. The molecule has 1 aliphatic carbocycles. The Hall–Kier alpha value is -2.38. The number of benzene rings is 2. The van der Waals surface area contributed by atoms with E-state index in [9.17, 15) is 0 Å². The highest BCUT2D eigenvalue weighted by atomic mass is 15.1. The molecule has 0 fully saturated rings. The quantitative estimate of drug-likeness (QED) is 0.667. The molecule has 0 saturated heterocycles. The minimum Gasteiger partial charge on any atom is -0.295 e. The van der Waals surface area contributed by atoms with Crippen molar-refractivity contribution in [1.29, 1.82) is 0 Å². The van der Waals surface area contributed by atoms with Crippen LogP contribution in [0, 0.1) is 5.92 Å². The summed E-state index contributed by atoms with van der Waals surface area (Å²) >= 11 is 0. The monoisotopic (exact) mass is 315 g/mol. The molecule has 1 unspecified atom stereocenters. The Kier molecular flexibility index (Phi) is 6.21. The van der Waals surface area contributed by atoms with Gasteiger partial charge in [0.25, 0.3) is 0 Å².